The maximum atomic E-state index is 11.2. The van der Waals surface area contributed by atoms with E-state index in [1.54, 1.807) is 0 Å². The van der Waals surface area contributed by atoms with Gasteiger partial charge in [0.1, 0.15) is 0 Å². The van der Waals surface area contributed by atoms with Gasteiger partial charge < -0.3 is 9.64 Å². The number of rotatable bonds is 4. The fourth-order valence-electron chi connectivity index (χ4n) is 2.43. The fourth-order valence-corrected chi connectivity index (χ4v) is 3.45. The Labute approximate surface area is 118 Å². The van der Waals surface area contributed by atoms with Crippen molar-refractivity contribution >= 4 is 22.8 Å². The number of hydrogen-bond donors (Lipinski definition) is 0. The Morgan fingerprint density at radius 1 is 1.47 bits per heavy atom. The monoisotopic (exact) mass is 282 g/mol. The summed E-state index contributed by atoms with van der Waals surface area (Å²) >= 11 is 1.50. The van der Waals surface area contributed by atoms with Crippen molar-refractivity contribution in [2.75, 3.05) is 18.0 Å². The van der Waals surface area contributed by atoms with Gasteiger partial charge in [0.15, 0.2) is 11.4 Å². The molecule has 0 bridgehead atoms. The summed E-state index contributed by atoms with van der Waals surface area (Å²) in [5, 5.41) is 0.958. The molecular weight excluding hydrogens is 260 g/mol. The Morgan fingerprint density at radius 2 is 2.11 bits per heavy atom. The van der Waals surface area contributed by atoms with Gasteiger partial charge in [0, 0.05) is 13.1 Å². The van der Waals surface area contributed by atoms with E-state index in [1.165, 1.54) is 11.3 Å². The minimum atomic E-state index is 0.208. The molecule has 0 saturated carbocycles. The zero-order valence-electron chi connectivity index (χ0n) is 12.0. The lowest BCUT2D eigenvalue weighted by atomic mass is 10.0. The maximum Gasteiger partial charge on any atom is 0.186 e. The largest absolute Gasteiger partial charge is 0.372 e. The maximum absolute atomic E-state index is 11.2. The summed E-state index contributed by atoms with van der Waals surface area (Å²) in [6.07, 6.45) is 2.36. The Balaban J connectivity index is 2.25. The summed E-state index contributed by atoms with van der Waals surface area (Å²) < 4.78 is 5.74. The van der Waals surface area contributed by atoms with Crippen LogP contribution in [0.3, 0.4) is 0 Å². The quantitative estimate of drug-likeness (QED) is 0.796. The van der Waals surface area contributed by atoms with Gasteiger partial charge in [-0.25, -0.2) is 4.98 Å². The molecule has 1 aromatic rings. The van der Waals surface area contributed by atoms with Gasteiger partial charge in [-0.05, 0) is 26.2 Å². The number of ether oxygens (including phenoxy) is 1. The molecule has 1 aromatic heterocycles. The van der Waals surface area contributed by atoms with E-state index < -0.39 is 0 Å². The molecule has 19 heavy (non-hydrogen) atoms. The minimum Gasteiger partial charge on any atom is -0.372 e. The van der Waals surface area contributed by atoms with Gasteiger partial charge in [-0.1, -0.05) is 25.2 Å². The fraction of sp³-hybridized carbons (Fsp3) is 0.714. The first-order valence-electron chi connectivity index (χ1n) is 6.91. The molecule has 1 fully saturated rings. The van der Waals surface area contributed by atoms with E-state index in [0.717, 1.165) is 41.5 Å². The summed E-state index contributed by atoms with van der Waals surface area (Å²) in [4.78, 5) is 18.9. The van der Waals surface area contributed by atoms with Crippen molar-refractivity contribution in [2.45, 2.75) is 52.2 Å². The number of carbonyl (C=O) groups is 1. The van der Waals surface area contributed by atoms with Crippen LogP contribution in [0.25, 0.3) is 0 Å². The van der Waals surface area contributed by atoms with E-state index >= 15 is 0 Å². The van der Waals surface area contributed by atoms with Gasteiger partial charge >= 0.3 is 0 Å². The first-order chi connectivity index (χ1) is 9.05. The number of anilines is 1. The first kappa shape index (κ1) is 14.5. The third-order valence-electron chi connectivity index (χ3n) is 3.55. The second-order valence-electron chi connectivity index (χ2n) is 5.34. The van der Waals surface area contributed by atoms with Gasteiger partial charge in [0.25, 0.3) is 0 Å². The van der Waals surface area contributed by atoms with Crippen LogP contribution in [0.5, 0.6) is 0 Å². The van der Waals surface area contributed by atoms with E-state index in [4.69, 9.17) is 9.72 Å². The SMILES string of the molecule is CCC(C)c1nc(N2C[C@@H](C)O[C@@H](C)C2)sc1C=O. The van der Waals surface area contributed by atoms with Crippen molar-refractivity contribution in [3.63, 3.8) is 0 Å². The lowest BCUT2D eigenvalue weighted by Crippen LogP contribution is -2.45. The van der Waals surface area contributed by atoms with E-state index in [1.807, 2.05) is 0 Å². The van der Waals surface area contributed by atoms with Crippen LogP contribution in [0.1, 0.15) is 55.4 Å². The van der Waals surface area contributed by atoms with Gasteiger partial charge in [-0.2, -0.15) is 0 Å². The highest BCUT2D eigenvalue weighted by atomic mass is 32.1. The molecule has 0 amide bonds. The Kier molecular flexibility index (Phi) is 4.58. The van der Waals surface area contributed by atoms with Crippen molar-refractivity contribution in [3.8, 4) is 0 Å². The molecule has 0 spiro atoms. The molecule has 0 radical (unpaired) electrons. The topological polar surface area (TPSA) is 42.4 Å². The van der Waals surface area contributed by atoms with Crippen molar-refractivity contribution in [1.82, 2.24) is 4.98 Å². The molecule has 5 heteroatoms. The molecule has 3 atom stereocenters. The minimum absolute atomic E-state index is 0.208. The van der Waals surface area contributed by atoms with Gasteiger partial charge in [-0.3, -0.25) is 4.79 Å². The Hall–Kier alpha value is -0.940. The van der Waals surface area contributed by atoms with Crippen LogP contribution in [0.4, 0.5) is 5.13 Å². The second-order valence-corrected chi connectivity index (χ2v) is 6.34. The highest BCUT2D eigenvalue weighted by Gasteiger charge is 2.26. The summed E-state index contributed by atoms with van der Waals surface area (Å²) in [6.45, 7) is 10.1. The molecule has 4 nitrogen and oxygen atoms in total. The molecular formula is C14H22N2O2S. The Bertz CT molecular complexity index is 437. The Morgan fingerprint density at radius 3 is 2.63 bits per heavy atom. The zero-order chi connectivity index (χ0) is 14.0. The average Bonchev–Trinajstić information content (AvgIpc) is 2.80. The average molecular weight is 282 g/mol. The summed E-state index contributed by atoms with van der Waals surface area (Å²) in [5.41, 5.74) is 0.948. The molecule has 1 aliphatic rings. The van der Waals surface area contributed by atoms with Crippen LogP contribution < -0.4 is 4.90 Å². The molecule has 2 heterocycles. The number of hydrogen-bond acceptors (Lipinski definition) is 5. The molecule has 1 aliphatic heterocycles. The van der Waals surface area contributed by atoms with E-state index in [2.05, 4.69) is 32.6 Å². The summed E-state index contributed by atoms with van der Waals surface area (Å²) in [7, 11) is 0. The summed E-state index contributed by atoms with van der Waals surface area (Å²) in [5.74, 6) is 0.334. The van der Waals surface area contributed by atoms with Crippen LogP contribution in [0.15, 0.2) is 0 Å². The predicted molar refractivity (Wildman–Crippen MR) is 78.4 cm³/mol. The third kappa shape index (κ3) is 3.15. The van der Waals surface area contributed by atoms with Gasteiger partial charge in [0.05, 0.1) is 22.8 Å². The molecule has 106 valence electrons. The molecule has 0 aliphatic carbocycles. The van der Waals surface area contributed by atoms with E-state index in [0.29, 0.717) is 5.92 Å². The number of aromatic nitrogens is 1. The molecule has 1 unspecified atom stereocenters. The highest BCUT2D eigenvalue weighted by molar-refractivity contribution is 7.17. The van der Waals surface area contributed by atoms with Crippen molar-refractivity contribution in [1.29, 1.82) is 0 Å². The molecule has 1 saturated heterocycles. The number of thiazole rings is 1. The van der Waals surface area contributed by atoms with Crippen molar-refractivity contribution < 1.29 is 9.53 Å². The van der Waals surface area contributed by atoms with Crippen molar-refractivity contribution in [2.24, 2.45) is 0 Å². The molecule has 2 rings (SSSR count). The lowest BCUT2D eigenvalue weighted by Gasteiger charge is -2.35. The standard InChI is InChI=1S/C14H22N2O2S/c1-5-9(2)13-12(8-17)19-14(15-13)16-6-10(3)18-11(4)7-16/h8-11H,5-7H2,1-4H3/t9?,10-,11+. The highest BCUT2D eigenvalue weighted by Crippen LogP contribution is 2.32. The van der Waals surface area contributed by atoms with Crippen molar-refractivity contribution in [3.05, 3.63) is 10.6 Å². The van der Waals surface area contributed by atoms with Crippen LogP contribution >= 0.6 is 11.3 Å². The van der Waals surface area contributed by atoms with Crippen LogP contribution in [-0.2, 0) is 4.74 Å². The zero-order valence-corrected chi connectivity index (χ0v) is 12.9. The van der Waals surface area contributed by atoms with Gasteiger partial charge in [-0.15, -0.1) is 0 Å². The number of aldehydes is 1. The lowest BCUT2D eigenvalue weighted by molar-refractivity contribution is -0.00523. The number of carbonyl (C=O) groups excluding carboxylic acids is 1. The number of morpholine rings is 1. The van der Waals surface area contributed by atoms with Gasteiger partial charge in [0.2, 0.25) is 0 Å². The van der Waals surface area contributed by atoms with Crippen LogP contribution in [-0.4, -0.2) is 36.6 Å². The third-order valence-corrected chi connectivity index (χ3v) is 4.60. The van der Waals surface area contributed by atoms with Crippen LogP contribution in [0, 0.1) is 0 Å². The van der Waals surface area contributed by atoms with E-state index in [9.17, 15) is 4.79 Å². The normalized spacial score (nSPS) is 25.4. The van der Waals surface area contributed by atoms with E-state index in [-0.39, 0.29) is 12.2 Å². The number of nitrogens with zero attached hydrogens (tertiary/aromatic N) is 2. The molecule has 0 aromatic carbocycles. The predicted octanol–water partition coefficient (Wildman–Crippen LogP) is 3.08. The summed E-state index contributed by atoms with van der Waals surface area (Å²) in [6, 6.07) is 0. The first-order valence-corrected chi connectivity index (χ1v) is 7.73. The second kappa shape index (κ2) is 6.01. The van der Waals surface area contributed by atoms with Crippen LogP contribution in [0.2, 0.25) is 0 Å². The smallest absolute Gasteiger partial charge is 0.186 e. The molecule has 0 N–H and O–H groups in total.